The van der Waals surface area contributed by atoms with Crippen LogP contribution in [-0.4, -0.2) is 18.7 Å². The molecule has 3 rings (SSSR count). The van der Waals surface area contributed by atoms with Gasteiger partial charge in [-0.15, -0.1) is 0 Å². The van der Waals surface area contributed by atoms with Gasteiger partial charge in [-0.3, -0.25) is 0 Å². The Morgan fingerprint density at radius 3 is 2.05 bits per heavy atom. The lowest BCUT2D eigenvalue weighted by molar-refractivity contribution is 0.144. The molecule has 0 aliphatic heterocycles. The lowest BCUT2D eigenvalue weighted by Crippen LogP contribution is -2.36. The summed E-state index contributed by atoms with van der Waals surface area (Å²) in [5.41, 5.74) is 9.41. The number of fused-ring (bicyclic) bond motifs is 3. The van der Waals surface area contributed by atoms with Crippen molar-refractivity contribution in [3.05, 3.63) is 59.7 Å². The molecule has 0 bridgehead atoms. The van der Waals surface area contributed by atoms with Crippen LogP contribution in [0, 0.1) is 0 Å². The van der Waals surface area contributed by atoms with Crippen molar-refractivity contribution in [2.24, 2.45) is 5.73 Å². The maximum absolute atomic E-state index is 11.4. The molecule has 1 aliphatic carbocycles. The van der Waals surface area contributed by atoms with Crippen LogP contribution in [0.3, 0.4) is 0 Å². The molecule has 0 heterocycles. The van der Waals surface area contributed by atoms with Crippen LogP contribution in [0.4, 0.5) is 9.59 Å². The van der Waals surface area contributed by atoms with E-state index in [4.69, 9.17) is 10.5 Å². The number of carbonyl (C=O) groups is 2. The van der Waals surface area contributed by atoms with E-state index in [1.807, 2.05) is 41.7 Å². The molecular formula is C16H14N2O3. The Kier molecular flexibility index (Phi) is 3.31. The van der Waals surface area contributed by atoms with Crippen LogP contribution in [0.25, 0.3) is 11.1 Å². The summed E-state index contributed by atoms with van der Waals surface area (Å²) in [4.78, 5) is 22.0. The smallest absolute Gasteiger partial charge is 0.415 e. The summed E-state index contributed by atoms with van der Waals surface area (Å²) < 4.78 is 5.10. The third-order valence-electron chi connectivity index (χ3n) is 3.57. The van der Waals surface area contributed by atoms with Crippen molar-refractivity contribution in [2.45, 2.75) is 5.92 Å². The van der Waals surface area contributed by atoms with E-state index in [-0.39, 0.29) is 12.5 Å². The number of nitrogens with two attached hydrogens (primary N) is 1. The van der Waals surface area contributed by atoms with Gasteiger partial charge < -0.3 is 10.5 Å². The van der Waals surface area contributed by atoms with Crippen LogP contribution in [0.2, 0.25) is 0 Å². The van der Waals surface area contributed by atoms with Gasteiger partial charge in [0.05, 0.1) is 0 Å². The number of hydrogen-bond acceptors (Lipinski definition) is 3. The van der Waals surface area contributed by atoms with Crippen LogP contribution in [0.15, 0.2) is 48.5 Å². The van der Waals surface area contributed by atoms with Crippen molar-refractivity contribution >= 4 is 12.1 Å². The first-order chi connectivity index (χ1) is 10.2. The summed E-state index contributed by atoms with van der Waals surface area (Å²) in [5.74, 6) is -0.0315. The molecule has 106 valence electrons. The Morgan fingerprint density at radius 1 is 1.00 bits per heavy atom. The van der Waals surface area contributed by atoms with Gasteiger partial charge in [0.1, 0.15) is 6.61 Å². The fraction of sp³-hybridized carbons (Fsp3) is 0.125. The summed E-state index contributed by atoms with van der Waals surface area (Å²) in [6.07, 6.45) is -0.829. The van der Waals surface area contributed by atoms with Crippen molar-refractivity contribution < 1.29 is 14.3 Å². The van der Waals surface area contributed by atoms with Crippen molar-refractivity contribution in [1.29, 1.82) is 0 Å². The second-order valence-corrected chi connectivity index (χ2v) is 4.81. The second kappa shape index (κ2) is 5.28. The Balaban J connectivity index is 1.85. The molecule has 5 nitrogen and oxygen atoms in total. The van der Waals surface area contributed by atoms with Crippen LogP contribution >= 0.6 is 0 Å². The highest BCUT2D eigenvalue weighted by Gasteiger charge is 2.28. The molecule has 0 spiro atoms. The molecule has 0 aromatic heterocycles. The monoisotopic (exact) mass is 282 g/mol. The molecule has 1 aliphatic rings. The van der Waals surface area contributed by atoms with E-state index >= 15 is 0 Å². The number of hydrogen-bond donors (Lipinski definition) is 2. The van der Waals surface area contributed by atoms with Crippen molar-refractivity contribution in [3.63, 3.8) is 0 Å². The first kappa shape index (κ1) is 13.2. The standard InChI is InChI=1S/C16H14N2O3/c17-15(19)18-16(20)21-9-14-12-7-3-1-5-10(12)11-6-2-4-8-13(11)14/h1-8,14H,9H2,(H3,17,18,19,20). The number of rotatable bonds is 2. The van der Waals surface area contributed by atoms with Gasteiger partial charge in [0, 0.05) is 5.92 Å². The average molecular weight is 282 g/mol. The molecule has 2 aromatic carbocycles. The van der Waals surface area contributed by atoms with Crippen LogP contribution < -0.4 is 11.1 Å². The maximum atomic E-state index is 11.4. The van der Waals surface area contributed by atoms with Gasteiger partial charge in [0.25, 0.3) is 0 Å². The number of urea groups is 1. The molecule has 0 atom stereocenters. The normalized spacial score (nSPS) is 12.4. The molecule has 0 unspecified atom stereocenters. The highest BCUT2D eigenvalue weighted by atomic mass is 16.5. The number of carbonyl (C=O) groups excluding carboxylic acids is 2. The zero-order valence-corrected chi connectivity index (χ0v) is 11.2. The fourth-order valence-electron chi connectivity index (χ4n) is 2.74. The Labute approximate surface area is 121 Å². The van der Waals surface area contributed by atoms with Gasteiger partial charge in [-0.1, -0.05) is 48.5 Å². The Hall–Kier alpha value is -2.82. The quantitative estimate of drug-likeness (QED) is 0.888. The second-order valence-electron chi connectivity index (χ2n) is 4.81. The van der Waals surface area contributed by atoms with Gasteiger partial charge in [-0.05, 0) is 22.3 Å². The zero-order chi connectivity index (χ0) is 14.8. The third-order valence-corrected chi connectivity index (χ3v) is 3.57. The van der Waals surface area contributed by atoms with Gasteiger partial charge in [-0.25, -0.2) is 14.9 Å². The van der Waals surface area contributed by atoms with E-state index in [9.17, 15) is 9.59 Å². The highest BCUT2D eigenvalue weighted by Crippen LogP contribution is 2.44. The van der Waals surface area contributed by atoms with Gasteiger partial charge >= 0.3 is 12.1 Å². The average Bonchev–Trinajstić information content (AvgIpc) is 2.79. The number of benzene rings is 2. The molecule has 3 amide bonds. The first-order valence-corrected chi connectivity index (χ1v) is 6.58. The van der Waals surface area contributed by atoms with E-state index in [2.05, 4.69) is 12.1 Å². The minimum Gasteiger partial charge on any atom is -0.448 e. The molecule has 0 saturated carbocycles. The van der Waals surface area contributed by atoms with E-state index in [0.717, 1.165) is 22.3 Å². The van der Waals surface area contributed by atoms with Crippen molar-refractivity contribution in [3.8, 4) is 11.1 Å². The molecule has 0 radical (unpaired) electrons. The highest BCUT2D eigenvalue weighted by molar-refractivity contribution is 5.89. The number of nitrogens with one attached hydrogen (secondary N) is 1. The summed E-state index contributed by atoms with van der Waals surface area (Å²) in [6, 6.07) is 15.1. The minimum absolute atomic E-state index is 0.0315. The Bertz CT molecular complexity index is 667. The van der Waals surface area contributed by atoms with Gasteiger partial charge in [-0.2, -0.15) is 0 Å². The number of alkyl carbamates (subject to hydrolysis) is 1. The van der Waals surface area contributed by atoms with Crippen LogP contribution in [0.1, 0.15) is 17.0 Å². The number of amides is 3. The number of imide groups is 1. The molecule has 21 heavy (non-hydrogen) atoms. The third kappa shape index (κ3) is 2.45. The summed E-state index contributed by atoms with van der Waals surface area (Å²) in [7, 11) is 0. The zero-order valence-electron chi connectivity index (χ0n) is 11.2. The molecule has 0 saturated heterocycles. The van der Waals surface area contributed by atoms with Crippen LogP contribution in [0.5, 0.6) is 0 Å². The van der Waals surface area contributed by atoms with Crippen molar-refractivity contribution in [1.82, 2.24) is 5.32 Å². The van der Waals surface area contributed by atoms with E-state index < -0.39 is 12.1 Å². The van der Waals surface area contributed by atoms with Gasteiger partial charge in [0.2, 0.25) is 0 Å². The van der Waals surface area contributed by atoms with Gasteiger partial charge in [0.15, 0.2) is 0 Å². The number of ether oxygens (including phenoxy) is 1. The lowest BCUT2D eigenvalue weighted by Gasteiger charge is -2.13. The predicted octanol–water partition coefficient (Wildman–Crippen LogP) is 2.60. The Morgan fingerprint density at radius 2 is 1.52 bits per heavy atom. The van der Waals surface area contributed by atoms with E-state index in [0.29, 0.717) is 0 Å². The lowest BCUT2D eigenvalue weighted by atomic mass is 9.98. The van der Waals surface area contributed by atoms with Crippen molar-refractivity contribution in [2.75, 3.05) is 6.61 Å². The molecule has 0 fully saturated rings. The minimum atomic E-state index is -0.924. The van der Waals surface area contributed by atoms with E-state index in [1.165, 1.54) is 0 Å². The van der Waals surface area contributed by atoms with E-state index in [1.54, 1.807) is 0 Å². The predicted molar refractivity (Wildman–Crippen MR) is 77.8 cm³/mol. The summed E-state index contributed by atoms with van der Waals surface area (Å²) >= 11 is 0. The molecule has 2 aromatic rings. The summed E-state index contributed by atoms with van der Waals surface area (Å²) in [6.45, 7) is 0.160. The molecule has 3 N–H and O–H groups in total. The van der Waals surface area contributed by atoms with Crippen LogP contribution in [-0.2, 0) is 4.74 Å². The SMILES string of the molecule is NC(=O)NC(=O)OCC1c2ccccc2-c2ccccc21. The summed E-state index contributed by atoms with van der Waals surface area (Å²) in [5, 5.41) is 1.89. The molecule has 5 heteroatoms. The first-order valence-electron chi connectivity index (χ1n) is 6.58. The largest absolute Gasteiger partial charge is 0.448 e. The maximum Gasteiger partial charge on any atom is 0.415 e. The topological polar surface area (TPSA) is 81.4 Å². The number of primary amides is 1. The molecular weight excluding hydrogens is 268 g/mol. The fourth-order valence-corrected chi connectivity index (χ4v) is 2.74.